The number of carbonyl (C=O) groups excluding carboxylic acids is 1. The lowest BCUT2D eigenvalue weighted by atomic mass is 9.85. The van der Waals surface area contributed by atoms with Gasteiger partial charge in [0.25, 0.3) is 0 Å². The van der Waals surface area contributed by atoms with E-state index in [-0.39, 0.29) is 11.4 Å². The van der Waals surface area contributed by atoms with Gasteiger partial charge < -0.3 is 9.64 Å². The smallest absolute Gasteiger partial charge is 0.243 e. The molecule has 1 amide bonds. The van der Waals surface area contributed by atoms with Gasteiger partial charge in [0.1, 0.15) is 5.54 Å². The van der Waals surface area contributed by atoms with Gasteiger partial charge in [0.2, 0.25) is 5.91 Å². The number of piperidine rings is 1. The molecule has 2 saturated heterocycles. The van der Waals surface area contributed by atoms with Gasteiger partial charge >= 0.3 is 0 Å². The van der Waals surface area contributed by atoms with Crippen LogP contribution in [-0.4, -0.2) is 54.6 Å². The minimum absolute atomic E-state index is 0.275. The van der Waals surface area contributed by atoms with E-state index in [0.29, 0.717) is 18.7 Å². The molecule has 0 radical (unpaired) electrons. The van der Waals surface area contributed by atoms with E-state index in [9.17, 15) is 4.79 Å². The van der Waals surface area contributed by atoms with Crippen molar-refractivity contribution in [3.05, 3.63) is 35.4 Å². The third-order valence-electron chi connectivity index (χ3n) is 5.35. The number of carbonyl (C=O) groups is 1. The molecule has 2 fully saturated rings. The lowest BCUT2D eigenvalue weighted by molar-refractivity contribution is -0.148. The molecule has 5 heteroatoms. The van der Waals surface area contributed by atoms with Crippen LogP contribution in [0.15, 0.2) is 24.3 Å². The summed E-state index contributed by atoms with van der Waals surface area (Å²) in [6, 6.07) is 9.86. The predicted octanol–water partition coefficient (Wildman–Crippen LogP) is 2.16. The molecule has 1 atom stereocenters. The van der Waals surface area contributed by atoms with Crippen LogP contribution in [0.5, 0.6) is 0 Å². The maximum atomic E-state index is 13.1. The van der Waals surface area contributed by atoms with Crippen LogP contribution in [-0.2, 0) is 16.1 Å². The lowest BCUT2D eigenvalue weighted by Crippen LogP contribution is -2.60. The highest BCUT2D eigenvalue weighted by atomic mass is 16.5. The molecule has 128 valence electrons. The van der Waals surface area contributed by atoms with E-state index >= 15 is 0 Å². The first kappa shape index (κ1) is 16.9. The molecule has 1 aromatic carbocycles. The van der Waals surface area contributed by atoms with Crippen molar-refractivity contribution in [1.29, 1.82) is 5.26 Å². The summed E-state index contributed by atoms with van der Waals surface area (Å²) in [5.74, 6) is 0.275. The van der Waals surface area contributed by atoms with Gasteiger partial charge in [-0.15, -0.1) is 0 Å². The fourth-order valence-electron chi connectivity index (χ4n) is 4.08. The summed E-state index contributed by atoms with van der Waals surface area (Å²) in [4.78, 5) is 17.5. The molecule has 0 aliphatic carbocycles. The average Bonchev–Trinajstić information content (AvgIpc) is 3.00. The molecule has 2 aliphatic heterocycles. The molecule has 2 aliphatic rings. The summed E-state index contributed by atoms with van der Waals surface area (Å²) in [6.07, 6.45) is 4.02. The van der Waals surface area contributed by atoms with E-state index < -0.39 is 0 Å². The molecule has 0 N–H and O–H groups in total. The van der Waals surface area contributed by atoms with Crippen LogP contribution in [0.25, 0.3) is 0 Å². The maximum Gasteiger partial charge on any atom is 0.243 e. The second-order valence-corrected chi connectivity index (χ2v) is 6.75. The molecule has 1 unspecified atom stereocenters. The van der Waals surface area contributed by atoms with E-state index in [0.717, 1.165) is 50.9 Å². The largest absolute Gasteiger partial charge is 0.383 e. The highest BCUT2D eigenvalue weighted by Crippen LogP contribution is 2.39. The normalized spacial score (nSPS) is 24.5. The van der Waals surface area contributed by atoms with Crippen molar-refractivity contribution in [2.24, 2.45) is 0 Å². The lowest BCUT2D eigenvalue weighted by Gasteiger charge is -2.44. The van der Waals surface area contributed by atoms with E-state index in [1.165, 1.54) is 0 Å². The third kappa shape index (κ3) is 3.17. The number of hydrogen-bond donors (Lipinski definition) is 0. The standard InChI is InChI=1S/C19H25N3O2/c1-24-13-12-21-10-2-8-19(18(21)23)9-3-11-22(19)15-17-6-4-16(14-20)5-7-17/h4-7H,2-3,8-13,15H2,1H3. The molecule has 0 saturated carbocycles. The Morgan fingerprint density at radius 1 is 1.21 bits per heavy atom. The summed E-state index contributed by atoms with van der Waals surface area (Å²) in [5.41, 5.74) is 1.51. The molecule has 1 spiro atoms. The number of nitrogens with zero attached hydrogens (tertiary/aromatic N) is 3. The number of likely N-dealkylation sites (tertiary alicyclic amines) is 2. The number of hydrogen-bond acceptors (Lipinski definition) is 4. The van der Waals surface area contributed by atoms with Crippen molar-refractivity contribution in [2.45, 2.75) is 37.8 Å². The predicted molar refractivity (Wildman–Crippen MR) is 91.2 cm³/mol. The number of methoxy groups -OCH3 is 1. The average molecular weight is 327 g/mol. The summed E-state index contributed by atoms with van der Waals surface area (Å²) in [7, 11) is 1.68. The van der Waals surface area contributed by atoms with Gasteiger partial charge in [-0.25, -0.2) is 0 Å². The number of nitriles is 1. The van der Waals surface area contributed by atoms with Crippen molar-refractivity contribution in [3.63, 3.8) is 0 Å². The molecular weight excluding hydrogens is 302 g/mol. The van der Waals surface area contributed by atoms with Crippen molar-refractivity contribution in [2.75, 3.05) is 33.4 Å². The minimum atomic E-state index is -0.333. The molecule has 2 heterocycles. The summed E-state index contributed by atoms with van der Waals surface area (Å²) < 4.78 is 5.15. The summed E-state index contributed by atoms with van der Waals surface area (Å²) in [6.45, 7) is 3.85. The SMILES string of the molecule is COCCN1CCCC2(CCCN2Cc2ccc(C#N)cc2)C1=O. The Bertz CT molecular complexity index is 622. The third-order valence-corrected chi connectivity index (χ3v) is 5.35. The fraction of sp³-hybridized carbons (Fsp3) is 0.579. The zero-order valence-corrected chi connectivity index (χ0v) is 14.3. The topological polar surface area (TPSA) is 56.6 Å². The van der Waals surface area contributed by atoms with Crippen LogP contribution in [0.4, 0.5) is 0 Å². The second kappa shape index (κ2) is 7.33. The van der Waals surface area contributed by atoms with E-state index in [1.54, 1.807) is 7.11 Å². The molecule has 0 aromatic heterocycles. The van der Waals surface area contributed by atoms with E-state index in [2.05, 4.69) is 11.0 Å². The first-order chi connectivity index (χ1) is 11.7. The summed E-state index contributed by atoms with van der Waals surface area (Å²) in [5, 5.41) is 8.93. The van der Waals surface area contributed by atoms with E-state index in [4.69, 9.17) is 10.00 Å². The van der Waals surface area contributed by atoms with Gasteiger partial charge in [0.15, 0.2) is 0 Å². The number of ether oxygens (including phenoxy) is 1. The van der Waals surface area contributed by atoms with Gasteiger partial charge in [0, 0.05) is 26.7 Å². The number of benzene rings is 1. The van der Waals surface area contributed by atoms with Crippen molar-refractivity contribution in [3.8, 4) is 6.07 Å². The first-order valence-electron chi connectivity index (χ1n) is 8.72. The Kier molecular flexibility index (Phi) is 5.17. The Morgan fingerprint density at radius 3 is 2.58 bits per heavy atom. The van der Waals surface area contributed by atoms with Crippen LogP contribution < -0.4 is 0 Å². The first-order valence-corrected chi connectivity index (χ1v) is 8.72. The highest BCUT2D eigenvalue weighted by Gasteiger charge is 2.50. The number of amides is 1. The van der Waals surface area contributed by atoms with Crippen molar-refractivity contribution >= 4 is 5.91 Å². The van der Waals surface area contributed by atoms with Crippen LogP contribution in [0, 0.1) is 11.3 Å². The minimum Gasteiger partial charge on any atom is -0.383 e. The zero-order chi connectivity index (χ0) is 17.0. The van der Waals surface area contributed by atoms with Gasteiger partial charge in [0.05, 0.1) is 18.2 Å². The molecule has 5 nitrogen and oxygen atoms in total. The maximum absolute atomic E-state index is 13.1. The van der Waals surface area contributed by atoms with Gasteiger partial charge in [-0.1, -0.05) is 12.1 Å². The molecule has 0 bridgehead atoms. The molecule has 24 heavy (non-hydrogen) atoms. The molecule has 1 aromatic rings. The van der Waals surface area contributed by atoms with Crippen LogP contribution >= 0.6 is 0 Å². The Morgan fingerprint density at radius 2 is 1.92 bits per heavy atom. The van der Waals surface area contributed by atoms with Crippen LogP contribution in [0.1, 0.15) is 36.8 Å². The summed E-state index contributed by atoms with van der Waals surface area (Å²) >= 11 is 0. The number of rotatable bonds is 5. The Labute approximate surface area is 143 Å². The van der Waals surface area contributed by atoms with Gasteiger partial charge in [-0.05, 0) is 49.9 Å². The monoisotopic (exact) mass is 327 g/mol. The Balaban J connectivity index is 1.75. The highest BCUT2D eigenvalue weighted by molar-refractivity contribution is 5.87. The van der Waals surface area contributed by atoms with Gasteiger partial charge in [-0.2, -0.15) is 5.26 Å². The zero-order valence-electron chi connectivity index (χ0n) is 14.3. The molecular formula is C19H25N3O2. The molecule has 3 rings (SSSR count). The Hall–Kier alpha value is -1.90. The van der Waals surface area contributed by atoms with Crippen LogP contribution in [0.2, 0.25) is 0 Å². The van der Waals surface area contributed by atoms with Crippen molar-refractivity contribution in [1.82, 2.24) is 9.80 Å². The second-order valence-electron chi connectivity index (χ2n) is 6.75. The van der Waals surface area contributed by atoms with E-state index in [1.807, 2.05) is 29.2 Å². The van der Waals surface area contributed by atoms with Gasteiger partial charge in [-0.3, -0.25) is 9.69 Å². The fourth-order valence-corrected chi connectivity index (χ4v) is 4.08. The quantitative estimate of drug-likeness (QED) is 0.831. The van der Waals surface area contributed by atoms with Crippen LogP contribution in [0.3, 0.4) is 0 Å². The van der Waals surface area contributed by atoms with Crippen molar-refractivity contribution < 1.29 is 9.53 Å².